The average molecular weight is 407 g/mol. The molecule has 1 unspecified atom stereocenters. The number of ether oxygens (including phenoxy) is 1. The van der Waals surface area contributed by atoms with E-state index < -0.39 is 17.4 Å². The summed E-state index contributed by atoms with van der Waals surface area (Å²) < 4.78 is 5.88. The molecule has 4 rings (SSSR count). The van der Waals surface area contributed by atoms with Crippen molar-refractivity contribution in [3.05, 3.63) is 59.5 Å². The number of amides is 2. The lowest BCUT2D eigenvalue weighted by Crippen LogP contribution is -2.60. The van der Waals surface area contributed by atoms with Crippen LogP contribution in [-0.2, 0) is 9.59 Å². The van der Waals surface area contributed by atoms with Crippen LogP contribution in [0.4, 0.5) is 10.8 Å². The number of likely N-dealkylation sites (N-methyl/N-ethyl adjacent to an activating group) is 1. The first-order chi connectivity index (χ1) is 13.9. The van der Waals surface area contributed by atoms with Crippen LogP contribution in [0.1, 0.15) is 19.4 Å². The first kappa shape index (κ1) is 19.1. The van der Waals surface area contributed by atoms with E-state index in [1.54, 1.807) is 11.0 Å². The number of rotatable bonds is 4. The highest BCUT2D eigenvalue weighted by molar-refractivity contribution is 7.14. The summed E-state index contributed by atoms with van der Waals surface area (Å²) in [6.45, 7) is 5.83. The summed E-state index contributed by atoms with van der Waals surface area (Å²) in [6.07, 6.45) is 0. The van der Waals surface area contributed by atoms with Gasteiger partial charge in [0.15, 0.2) is 5.13 Å². The molecule has 148 valence electrons. The largest absolute Gasteiger partial charge is 0.465 e. The molecule has 0 spiro atoms. The van der Waals surface area contributed by atoms with E-state index >= 15 is 0 Å². The number of thiazole rings is 1. The van der Waals surface area contributed by atoms with Crippen molar-refractivity contribution in [2.75, 3.05) is 16.8 Å². The fourth-order valence-corrected chi connectivity index (χ4v) is 3.97. The Morgan fingerprint density at radius 2 is 1.93 bits per heavy atom. The fourth-order valence-electron chi connectivity index (χ4n) is 3.26. The molecule has 1 aliphatic heterocycles. The molecule has 7 heteroatoms. The van der Waals surface area contributed by atoms with Gasteiger partial charge in [0.25, 0.3) is 17.4 Å². The van der Waals surface area contributed by atoms with E-state index in [0.29, 0.717) is 23.1 Å². The molecular weight excluding hydrogens is 386 g/mol. The molecule has 0 aliphatic carbocycles. The van der Waals surface area contributed by atoms with Gasteiger partial charge in [0, 0.05) is 17.5 Å². The molecule has 0 saturated carbocycles. The highest BCUT2D eigenvalue weighted by atomic mass is 32.1. The van der Waals surface area contributed by atoms with Crippen molar-refractivity contribution in [1.29, 1.82) is 0 Å². The summed E-state index contributed by atoms with van der Waals surface area (Å²) in [7, 11) is 0. The molecule has 1 atom stereocenters. The van der Waals surface area contributed by atoms with Gasteiger partial charge in [0.1, 0.15) is 5.75 Å². The maximum atomic E-state index is 13.1. The van der Waals surface area contributed by atoms with Gasteiger partial charge in [-0.2, -0.15) is 0 Å². The van der Waals surface area contributed by atoms with Crippen molar-refractivity contribution in [3.63, 3.8) is 0 Å². The summed E-state index contributed by atoms with van der Waals surface area (Å²) in [5.74, 6) is -0.433. The smallest absolute Gasteiger partial charge is 0.280 e. The van der Waals surface area contributed by atoms with Gasteiger partial charge in [-0.3, -0.25) is 14.9 Å². The number of anilines is 2. The van der Waals surface area contributed by atoms with Crippen LogP contribution >= 0.6 is 11.3 Å². The molecule has 0 fully saturated rings. The van der Waals surface area contributed by atoms with E-state index in [9.17, 15) is 9.59 Å². The molecule has 0 radical (unpaired) electrons. The van der Waals surface area contributed by atoms with Crippen LogP contribution in [0.3, 0.4) is 0 Å². The Bertz CT molecular complexity index is 1080. The van der Waals surface area contributed by atoms with Gasteiger partial charge in [-0.25, -0.2) is 4.98 Å². The number of carbonyl (C=O) groups excluding carboxylic acids is 2. The van der Waals surface area contributed by atoms with Gasteiger partial charge in [0.05, 0.1) is 11.4 Å². The number of fused-ring (bicyclic) bond motifs is 1. The third kappa shape index (κ3) is 3.38. The van der Waals surface area contributed by atoms with Crippen LogP contribution in [0.25, 0.3) is 11.3 Å². The fraction of sp³-hybridized carbons (Fsp3) is 0.227. The highest BCUT2D eigenvalue weighted by Gasteiger charge is 2.50. The Labute approximate surface area is 173 Å². The number of hydrogen-bond donors (Lipinski definition) is 1. The predicted molar refractivity (Wildman–Crippen MR) is 114 cm³/mol. The van der Waals surface area contributed by atoms with Crippen LogP contribution in [0.5, 0.6) is 5.75 Å². The number of hydrogen-bond acceptors (Lipinski definition) is 5. The number of nitrogens with zero attached hydrogens (tertiary/aromatic N) is 2. The second-order valence-corrected chi connectivity index (χ2v) is 7.87. The first-order valence-corrected chi connectivity index (χ1v) is 10.2. The van der Waals surface area contributed by atoms with Gasteiger partial charge in [-0.1, -0.05) is 42.0 Å². The third-order valence-electron chi connectivity index (χ3n) is 4.94. The van der Waals surface area contributed by atoms with E-state index in [1.807, 2.05) is 61.7 Å². The van der Waals surface area contributed by atoms with Crippen molar-refractivity contribution >= 4 is 34.0 Å². The predicted octanol–water partition coefficient (Wildman–Crippen LogP) is 4.26. The number of benzene rings is 2. The van der Waals surface area contributed by atoms with Gasteiger partial charge < -0.3 is 9.64 Å². The Morgan fingerprint density at radius 1 is 1.21 bits per heavy atom. The number of aromatic nitrogens is 1. The summed E-state index contributed by atoms with van der Waals surface area (Å²) in [6, 6.07) is 15.2. The molecule has 0 saturated heterocycles. The molecular formula is C22H21N3O3S. The number of para-hydroxylation sites is 2. The van der Waals surface area contributed by atoms with Crippen molar-refractivity contribution in [2.24, 2.45) is 0 Å². The van der Waals surface area contributed by atoms with E-state index in [-0.39, 0.29) is 0 Å². The minimum Gasteiger partial charge on any atom is -0.465 e. The summed E-state index contributed by atoms with van der Waals surface area (Å²) in [5.41, 5.74) is 1.90. The van der Waals surface area contributed by atoms with Crippen molar-refractivity contribution in [3.8, 4) is 17.0 Å². The van der Waals surface area contributed by atoms with E-state index in [4.69, 9.17) is 4.74 Å². The molecule has 2 heterocycles. The minimum atomic E-state index is -1.67. The standard InChI is InChI=1S/C22H21N3O3S/c1-4-25-17-7-5-6-8-18(17)28-22(3,20(25)27)19(26)24-21-23-16(13-29-21)15-11-9-14(2)10-12-15/h5-13H,4H2,1-3H3,(H,23,24,26). The first-order valence-electron chi connectivity index (χ1n) is 9.36. The lowest BCUT2D eigenvalue weighted by atomic mass is 10.00. The van der Waals surface area contributed by atoms with Crippen molar-refractivity contribution in [2.45, 2.75) is 26.4 Å². The molecule has 0 bridgehead atoms. The second-order valence-electron chi connectivity index (χ2n) is 7.01. The number of nitrogens with one attached hydrogen (secondary N) is 1. The van der Waals surface area contributed by atoms with Crippen LogP contribution in [0.2, 0.25) is 0 Å². The molecule has 2 amide bonds. The lowest BCUT2D eigenvalue weighted by molar-refractivity contribution is -0.145. The molecule has 2 aromatic carbocycles. The quantitative estimate of drug-likeness (QED) is 0.656. The Balaban J connectivity index is 1.58. The van der Waals surface area contributed by atoms with Crippen LogP contribution in [0.15, 0.2) is 53.9 Å². The normalized spacial score (nSPS) is 18.2. The topological polar surface area (TPSA) is 71.5 Å². The van der Waals surface area contributed by atoms with Crippen LogP contribution < -0.4 is 15.0 Å². The highest BCUT2D eigenvalue weighted by Crippen LogP contribution is 2.38. The summed E-state index contributed by atoms with van der Waals surface area (Å²) in [5, 5.41) is 5.05. The molecule has 6 nitrogen and oxygen atoms in total. The number of aryl methyl sites for hydroxylation is 1. The Morgan fingerprint density at radius 3 is 2.66 bits per heavy atom. The molecule has 1 aromatic heterocycles. The molecule has 1 N–H and O–H groups in total. The minimum absolute atomic E-state index is 0.397. The maximum absolute atomic E-state index is 13.1. The second kappa shape index (κ2) is 7.33. The zero-order chi connectivity index (χ0) is 20.6. The Hall–Kier alpha value is -3.19. The van der Waals surface area contributed by atoms with Crippen LogP contribution in [-0.4, -0.2) is 28.9 Å². The zero-order valence-corrected chi connectivity index (χ0v) is 17.2. The molecule has 3 aromatic rings. The lowest BCUT2D eigenvalue weighted by Gasteiger charge is -2.38. The molecule has 29 heavy (non-hydrogen) atoms. The SMILES string of the molecule is CCN1C(=O)C(C)(C(=O)Nc2nc(-c3ccc(C)cc3)cs2)Oc2ccccc21. The average Bonchev–Trinajstić information content (AvgIpc) is 3.18. The van der Waals surface area contributed by atoms with Crippen molar-refractivity contribution < 1.29 is 14.3 Å². The van der Waals surface area contributed by atoms with E-state index in [2.05, 4.69) is 10.3 Å². The summed E-state index contributed by atoms with van der Waals surface area (Å²) in [4.78, 5) is 32.2. The van der Waals surface area contributed by atoms with E-state index in [1.165, 1.54) is 23.8 Å². The maximum Gasteiger partial charge on any atom is 0.280 e. The summed E-state index contributed by atoms with van der Waals surface area (Å²) >= 11 is 1.31. The third-order valence-corrected chi connectivity index (χ3v) is 5.70. The monoisotopic (exact) mass is 407 g/mol. The van der Waals surface area contributed by atoms with Crippen molar-refractivity contribution in [1.82, 2.24) is 4.98 Å². The Kier molecular flexibility index (Phi) is 4.84. The van der Waals surface area contributed by atoms with Crippen LogP contribution in [0, 0.1) is 6.92 Å². The molecule has 1 aliphatic rings. The van der Waals surface area contributed by atoms with E-state index in [0.717, 1.165) is 11.3 Å². The van der Waals surface area contributed by atoms with Gasteiger partial charge in [-0.15, -0.1) is 11.3 Å². The van der Waals surface area contributed by atoms with Gasteiger partial charge in [0.2, 0.25) is 0 Å². The van der Waals surface area contributed by atoms with Gasteiger partial charge in [-0.05, 0) is 32.9 Å². The zero-order valence-electron chi connectivity index (χ0n) is 16.4. The number of carbonyl (C=O) groups is 2. The van der Waals surface area contributed by atoms with Gasteiger partial charge >= 0.3 is 0 Å².